The maximum absolute atomic E-state index is 13.4. The Morgan fingerprint density at radius 1 is 1.38 bits per heavy atom. The average Bonchev–Trinajstić information content (AvgIpc) is 2.66. The first-order chi connectivity index (χ1) is 7.58. The number of hydrazone groups is 1. The normalized spacial score (nSPS) is 15.3. The first-order valence-electron chi connectivity index (χ1n) is 4.38. The third-order valence-corrected chi connectivity index (χ3v) is 2.31. The monoisotopic (exact) mass is 249 g/mol. The van der Waals surface area contributed by atoms with Crippen molar-refractivity contribution in [1.29, 1.82) is 0 Å². The second kappa shape index (κ2) is 4.21. The van der Waals surface area contributed by atoms with Gasteiger partial charge in [0.25, 0.3) is 0 Å². The molecule has 16 heavy (non-hydrogen) atoms. The molecule has 1 aliphatic rings. The van der Waals surface area contributed by atoms with Crippen LogP contribution in [0, 0.1) is 5.82 Å². The largest absolute Gasteiger partial charge is 0.317 e. The van der Waals surface area contributed by atoms with Gasteiger partial charge in [0, 0.05) is 5.02 Å². The highest BCUT2D eigenvalue weighted by Crippen LogP contribution is 2.25. The van der Waals surface area contributed by atoms with E-state index in [0.29, 0.717) is 4.90 Å². The lowest BCUT2D eigenvalue weighted by atomic mass is 10.3. The Bertz CT molecular complexity index is 424. The molecule has 2 rings (SSSR count). The van der Waals surface area contributed by atoms with Gasteiger partial charge in [-0.2, -0.15) is 13.9 Å². The van der Waals surface area contributed by atoms with Gasteiger partial charge in [-0.1, -0.05) is 11.6 Å². The maximum Gasteiger partial charge on any atom is 0.317 e. The van der Waals surface area contributed by atoms with Gasteiger partial charge in [0.1, 0.15) is 18.8 Å². The first kappa shape index (κ1) is 11.1. The summed E-state index contributed by atoms with van der Waals surface area (Å²) in [6.45, 7) is -2.83. The van der Waals surface area contributed by atoms with Crippen molar-refractivity contribution in [2.75, 3.05) is 11.7 Å². The molecule has 3 nitrogen and oxygen atoms in total. The molecule has 0 aromatic heterocycles. The number of hydrogen-bond donors (Lipinski definition) is 0. The number of rotatable bonds is 2. The fraction of sp³-hybridized carbons (Fsp3) is 0.222. The van der Waals surface area contributed by atoms with E-state index in [1.54, 1.807) is 0 Å². The molecule has 0 spiro atoms. The zero-order chi connectivity index (χ0) is 11.7. The van der Waals surface area contributed by atoms with Crippen LogP contribution in [0.5, 0.6) is 0 Å². The van der Waals surface area contributed by atoms with Crippen LogP contribution in [0.4, 0.5) is 18.9 Å². The number of benzene rings is 1. The predicted octanol–water partition coefficient (Wildman–Crippen LogP) is 2.72. The number of hydrogen-bond acceptors (Lipinski definition) is 3. The lowest BCUT2D eigenvalue weighted by Gasteiger charge is -2.18. The topological polar surface area (TPSA) is 18.8 Å². The molecule has 1 heterocycles. The zero-order valence-electron chi connectivity index (χ0n) is 7.95. The summed E-state index contributed by atoms with van der Waals surface area (Å²) >= 11 is 5.58. The van der Waals surface area contributed by atoms with Gasteiger partial charge in [-0.05, 0) is 18.2 Å². The summed E-state index contributed by atoms with van der Waals surface area (Å²) in [6, 6.07) is 3.97. The van der Waals surface area contributed by atoms with Crippen LogP contribution in [-0.2, 0) is 0 Å². The molecular formula is C9H7ClF3N3. The highest BCUT2D eigenvalue weighted by Gasteiger charge is 2.23. The highest BCUT2D eigenvalue weighted by molar-refractivity contribution is 6.30. The average molecular weight is 250 g/mol. The Morgan fingerprint density at radius 3 is 2.69 bits per heavy atom. The minimum atomic E-state index is -2.65. The molecule has 0 saturated carbocycles. The van der Waals surface area contributed by atoms with Crippen LogP contribution in [0.25, 0.3) is 0 Å². The van der Waals surface area contributed by atoms with Gasteiger partial charge in [0.2, 0.25) is 0 Å². The Kier molecular flexibility index (Phi) is 2.91. The molecule has 7 heteroatoms. The van der Waals surface area contributed by atoms with Gasteiger partial charge in [-0.25, -0.2) is 9.40 Å². The van der Waals surface area contributed by atoms with Gasteiger partial charge in [0.15, 0.2) is 0 Å². The van der Waals surface area contributed by atoms with Gasteiger partial charge >= 0.3 is 6.55 Å². The van der Waals surface area contributed by atoms with Crippen molar-refractivity contribution in [2.45, 2.75) is 6.55 Å². The van der Waals surface area contributed by atoms with Crippen LogP contribution in [0.15, 0.2) is 23.3 Å². The molecule has 1 aliphatic heterocycles. The van der Waals surface area contributed by atoms with Crippen molar-refractivity contribution in [2.24, 2.45) is 5.10 Å². The van der Waals surface area contributed by atoms with Gasteiger partial charge in [-0.15, -0.1) is 0 Å². The van der Waals surface area contributed by atoms with Crippen LogP contribution in [0.3, 0.4) is 0 Å². The van der Waals surface area contributed by atoms with Crippen LogP contribution >= 0.6 is 11.6 Å². The zero-order valence-corrected chi connectivity index (χ0v) is 8.70. The highest BCUT2D eigenvalue weighted by atomic mass is 35.5. The molecule has 0 fully saturated rings. The van der Waals surface area contributed by atoms with Gasteiger partial charge < -0.3 is 0 Å². The summed E-state index contributed by atoms with van der Waals surface area (Å²) < 4.78 is 38.0. The van der Waals surface area contributed by atoms with Crippen molar-refractivity contribution in [1.82, 2.24) is 4.90 Å². The third-order valence-electron chi connectivity index (χ3n) is 2.08. The Balaban J connectivity index is 2.18. The molecule has 0 unspecified atom stereocenters. The second-order valence-corrected chi connectivity index (χ2v) is 3.60. The number of halogens is 4. The second-order valence-electron chi connectivity index (χ2n) is 3.16. The van der Waals surface area contributed by atoms with Crippen LogP contribution in [-0.4, -0.2) is 24.5 Å². The van der Waals surface area contributed by atoms with Crippen molar-refractivity contribution in [3.8, 4) is 0 Å². The number of anilines is 1. The summed E-state index contributed by atoms with van der Waals surface area (Å²) in [5.41, 5.74) is 0.115. The molecule has 1 aromatic rings. The van der Waals surface area contributed by atoms with Crippen molar-refractivity contribution in [3.05, 3.63) is 29.0 Å². The SMILES string of the molecule is Fc1cc(Cl)ccc1N1CN(C(F)F)C=N1. The van der Waals surface area contributed by atoms with Gasteiger partial charge in [0.05, 0.1) is 5.69 Å². The molecular weight excluding hydrogens is 243 g/mol. The fourth-order valence-corrected chi connectivity index (χ4v) is 1.46. The summed E-state index contributed by atoms with van der Waals surface area (Å²) in [4.78, 5) is 0.689. The molecule has 0 radical (unpaired) electrons. The van der Waals surface area contributed by atoms with Crippen molar-refractivity contribution < 1.29 is 13.2 Å². The Labute approximate surface area is 94.7 Å². The third kappa shape index (κ3) is 2.06. The van der Waals surface area contributed by atoms with Crippen LogP contribution in [0.2, 0.25) is 5.02 Å². The summed E-state index contributed by atoms with van der Waals surface area (Å²) in [5, 5.41) is 5.05. The molecule has 0 N–H and O–H groups in total. The molecule has 0 amide bonds. The molecule has 86 valence electrons. The fourth-order valence-electron chi connectivity index (χ4n) is 1.30. The maximum atomic E-state index is 13.4. The summed E-state index contributed by atoms with van der Waals surface area (Å²) in [5.74, 6) is -0.597. The van der Waals surface area contributed by atoms with Crippen molar-refractivity contribution in [3.63, 3.8) is 0 Å². The lowest BCUT2D eigenvalue weighted by molar-refractivity contribution is 0.0302. The van der Waals surface area contributed by atoms with Crippen LogP contribution in [0.1, 0.15) is 0 Å². The smallest absolute Gasteiger partial charge is 0.285 e. The van der Waals surface area contributed by atoms with E-state index in [-0.39, 0.29) is 17.4 Å². The number of nitrogens with zero attached hydrogens (tertiary/aromatic N) is 3. The Hall–Kier alpha value is -1.43. The first-order valence-corrected chi connectivity index (χ1v) is 4.76. The molecule has 0 saturated heterocycles. The quantitative estimate of drug-likeness (QED) is 0.751. The van der Waals surface area contributed by atoms with E-state index in [1.807, 2.05) is 0 Å². The lowest BCUT2D eigenvalue weighted by Crippen LogP contribution is -2.30. The van der Waals surface area contributed by atoms with E-state index in [0.717, 1.165) is 17.4 Å². The summed E-state index contributed by atoms with van der Waals surface area (Å²) in [7, 11) is 0. The molecule has 1 aromatic carbocycles. The minimum Gasteiger partial charge on any atom is -0.285 e. The van der Waals surface area contributed by atoms with Crippen molar-refractivity contribution >= 4 is 23.6 Å². The standard InChI is InChI=1S/C9H7ClF3N3/c10-6-1-2-8(7(11)3-6)16-5-15(4-14-16)9(12)13/h1-4,9H,5H2. The molecule has 0 bridgehead atoms. The summed E-state index contributed by atoms with van der Waals surface area (Å²) in [6.07, 6.45) is 0.971. The molecule has 0 atom stereocenters. The predicted molar refractivity (Wildman–Crippen MR) is 55.1 cm³/mol. The van der Waals surface area contributed by atoms with Gasteiger partial charge in [-0.3, -0.25) is 4.90 Å². The van der Waals surface area contributed by atoms with Crippen LogP contribution < -0.4 is 5.01 Å². The molecule has 0 aliphatic carbocycles. The van der Waals surface area contributed by atoms with E-state index in [4.69, 9.17) is 11.6 Å². The van der Waals surface area contributed by atoms with E-state index in [2.05, 4.69) is 5.10 Å². The van der Waals surface area contributed by atoms with E-state index < -0.39 is 12.4 Å². The van der Waals surface area contributed by atoms with E-state index >= 15 is 0 Å². The number of alkyl halides is 2. The minimum absolute atomic E-state index is 0.115. The van der Waals surface area contributed by atoms with E-state index in [9.17, 15) is 13.2 Å². The Morgan fingerprint density at radius 2 is 2.12 bits per heavy atom. The van der Waals surface area contributed by atoms with E-state index in [1.165, 1.54) is 12.1 Å².